The number of nitrogens with zero attached hydrogens (tertiary/aromatic N) is 1. The maximum absolute atomic E-state index is 13.3. The molecule has 1 aliphatic rings. The number of hydrogen-bond donors (Lipinski definition) is 1. The highest BCUT2D eigenvalue weighted by Crippen LogP contribution is 2.42. The lowest BCUT2D eigenvalue weighted by Crippen LogP contribution is -2.30. The van der Waals surface area contributed by atoms with Gasteiger partial charge in [-0.05, 0) is 31.0 Å². The number of Topliss-reactive ketones (excluding diaryl/α,β-unsaturated/α-hetero) is 1. The summed E-state index contributed by atoms with van der Waals surface area (Å²) >= 11 is 0. The lowest BCUT2D eigenvalue weighted by molar-refractivity contribution is -0.139. The Labute approximate surface area is 253 Å². The van der Waals surface area contributed by atoms with Crippen molar-refractivity contribution in [2.24, 2.45) is 0 Å². The fourth-order valence-electron chi connectivity index (χ4n) is 5.82. The maximum atomic E-state index is 13.3. The Kier molecular flexibility index (Phi) is 13.9. The van der Waals surface area contributed by atoms with Crippen LogP contribution in [0.3, 0.4) is 0 Å². The molecule has 2 aromatic rings. The van der Waals surface area contributed by atoms with Crippen molar-refractivity contribution in [1.29, 1.82) is 0 Å². The number of aryl methyl sites for hydroxylation is 1. The van der Waals surface area contributed by atoms with Crippen LogP contribution in [0.25, 0.3) is 5.76 Å². The smallest absolute Gasteiger partial charge is 0.295 e. The number of hydrogen-bond acceptors (Lipinski definition) is 5. The van der Waals surface area contributed by atoms with Gasteiger partial charge in [-0.15, -0.1) is 0 Å². The number of rotatable bonds is 19. The fourth-order valence-corrected chi connectivity index (χ4v) is 5.82. The molecule has 0 radical (unpaired) electrons. The third kappa shape index (κ3) is 9.11. The van der Waals surface area contributed by atoms with Crippen molar-refractivity contribution < 1.29 is 24.2 Å². The van der Waals surface area contributed by atoms with Crippen LogP contribution in [0, 0.1) is 6.92 Å². The highest BCUT2D eigenvalue weighted by atomic mass is 16.5. The van der Waals surface area contributed by atoms with E-state index in [1.54, 1.807) is 43.4 Å². The van der Waals surface area contributed by atoms with Gasteiger partial charge in [0.2, 0.25) is 0 Å². The van der Waals surface area contributed by atoms with Crippen LogP contribution in [0.2, 0.25) is 0 Å². The molecule has 0 bridgehead atoms. The molecule has 1 N–H and O–H groups in total. The average Bonchev–Trinajstić information content (AvgIpc) is 3.25. The average molecular weight is 578 g/mol. The first-order valence-corrected chi connectivity index (χ1v) is 16.0. The van der Waals surface area contributed by atoms with E-state index in [-0.39, 0.29) is 11.3 Å². The predicted octanol–water partition coefficient (Wildman–Crippen LogP) is 8.92. The Morgan fingerprint density at radius 3 is 1.79 bits per heavy atom. The summed E-state index contributed by atoms with van der Waals surface area (Å²) in [5, 5.41) is 11.3. The van der Waals surface area contributed by atoms with Crippen molar-refractivity contribution in [3.05, 3.63) is 64.7 Å². The standard InChI is InChI=1S/C36H51NO5/c1-5-6-7-8-9-10-11-12-13-14-15-16-17-18-25-37-33(29-23-24-30(41-3)31(26-29)42-4)32(35(39)36(37)40)34(38)28-21-19-27(2)20-22-28/h19-24,26,33,38H,5-18,25H2,1-4H3/b34-32+/t33-/m0/s1. The molecule has 42 heavy (non-hydrogen) atoms. The van der Waals surface area contributed by atoms with Crippen molar-refractivity contribution in [2.45, 2.75) is 110 Å². The topological polar surface area (TPSA) is 76.1 Å². The molecule has 0 saturated carbocycles. The van der Waals surface area contributed by atoms with Gasteiger partial charge in [0.15, 0.2) is 11.5 Å². The number of unbranched alkanes of at least 4 members (excludes halogenated alkanes) is 13. The lowest BCUT2D eigenvalue weighted by atomic mass is 9.94. The van der Waals surface area contributed by atoms with E-state index in [2.05, 4.69) is 6.92 Å². The van der Waals surface area contributed by atoms with Gasteiger partial charge in [0, 0.05) is 12.1 Å². The molecule has 1 saturated heterocycles. The van der Waals surface area contributed by atoms with E-state index in [1.807, 2.05) is 25.1 Å². The molecule has 1 aliphatic heterocycles. The summed E-state index contributed by atoms with van der Waals surface area (Å²) in [6.07, 6.45) is 17.5. The molecule has 1 amide bonds. The van der Waals surface area contributed by atoms with E-state index in [0.29, 0.717) is 29.2 Å². The third-order valence-corrected chi connectivity index (χ3v) is 8.34. The van der Waals surface area contributed by atoms with Crippen molar-refractivity contribution >= 4 is 17.4 Å². The molecule has 0 aliphatic carbocycles. The van der Waals surface area contributed by atoms with Crippen molar-refractivity contribution in [3.63, 3.8) is 0 Å². The quantitative estimate of drug-likeness (QED) is 0.0781. The van der Waals surface area contributed by atoms with Gasteiger partial charge in [0.25, 0.3) is 11.7 Å². The van der Waals surface area contributed by atoms with E-state index in [4.69, 9.17) is 9.47 Å². The predicted molar refractivity (Wildman–Crippen MR) is 170 cm³/mol. The van der Waals surface area contributed by atoms with Crippen molar-refractivity contribution in [1.82, 2.24) is 4.90 Å². The van der Waals surface area contributed by atoms with Gasteiger partial charge in [0.1, 0.15) is 5.76 Å². The molecular weight excluding hydrogens is 526 g/mol. The van der Waals surface area contributed by atoms with Gasteiger partial charge in [0.05, 0.1) is 25.8 Å². The summed E-state index contributed by atoms with van der Waals surface area (Å²) in [6.45, 7) is 4.67. The third-order valence-electron chi connectivity index (χ3n) is 8.34. The normalized spacial score (nSPS) is 16.3. The van der Waals surface area contributed by atoms with E-state index >= 15 is 0 Å². The SMILES string of the molecule is CCCCCCCCCCCCCCCCN1C(=O)C(=O)/C(=C(/O)c2ccc(C)cc2)[C@@H]1c1ccc(OC)c(OC)c1. The number of ether oxygens (including phenoxy) is 2. The van der Waals surface area contributed by atoms with Crippen molar-refractivity contribution in [3.8, 4) is 11.5 Å². The van der Waals surface area contributed by atoms with Gasteiger partial charge in [-0.2, -0.15) is 0 Å². The summed E-state index contributed by atoms with van der Waals surface area (Å²) in [6, 6.07) is 12.0. The van der Waals surface area contributed by atoms with Crippen LogP contribution in [-0.4, -0.2) is 42.5 Å². The molecule has 1 fully saturated rings. The molecule has 1 heterocycles. The number of amides is 1. The Bertz CT molecular complexity index is 1170. The minimum Gasteiger partial charge on any atom is -0.507 e. The first-order chi connectivity index (χ1) is 20.4. The van der Waals surface area contributed by atoms with E-state index < -0.39 is 17.7 Å². The minimum absolute atomic E-state index is 0.112. The van der Waals surface area contributed by atoms with E-state index in [9.17, 15) is 14.7 Å². The van der Waals surface area contributed by atoms with Crippen molar-refractivity contribution in [2.75, 3.05) is 20.8 Å². The first kappa shape index (κ1) is 33.2. The molecule has 3 rings (SSSR count). The van der Waals surface area contributed by atoms with Gasteiger partial charge >= 0.3 is 0 Å². The van der Waals surface area contributed by atoms with Crippen LogP contribution >= 0.6 is 0 Å². The molecule has 1 atom stereocenters. The molecule has 0 unspecified atom stereocenters. The zero-order chi connectivity index (χ0) is 30.3. The molecule has 0 spiro atoms. The van der Waals surface area contributed by atoms with Crippen LogP contribution in [0.1, 0.15) is 120 Å². The molecule has 2 aromatic carbocycles. The number of aliphatic hydroxyl groups excluding tert-OH is 1. The minimum atomic E-state index is -0.701. The summed E-state index contributed by atoms with van der Waals surface area (Å²) in [4.78, 5) is 28.3. The molecule has 0 aromatic heterocycles. The zero-order valence-electron chi connectivity index (χ0n) is 26.3. The number of ketones is 1. The summed E-state index contributed by atoms with van der Waals surface area (Å²) in [5.74, 6) is -0.316. The summed E-state index contributed by atoms with van der Waals surface area (Å²) in [7, 11) is 3.12. The summed E-state index contributed by atoms with van der Waals surface area (Å²) in [5.41, 5.74) is 2.37. The summed E-state index contributed by atoms with van der Waals surface area (Å²) < 4.78 is 10.9. The highest BCUT2D eigenvalue weighted by Gasteiger charge is 2.46. The Morgan fingerprint density at radius 2 is 1.26 bits per heavy atom. The van der Waals surface area contributed by atoms with Crippen LogP contribution in [0.4, 0.5) is 0 Å². The van der Waals surface area contributed by atoms with Crippen LogP contribution in [0.15, 0.2) is 48.0 Å². The van der Waals surface area contributed by atoms with Gasteiger partial charge in [-0.3, -0.25) is 9.59 Å². The Hall–Kier alpha value is -3.28. The molecular formula is C36H51NO5. The van der Waals surface area contributed by atoms with Crippen LogP contribution < -0.4 is 9.47 Å². The maximum Gasteiger partial charge on any atom is 0.295 e. The van der Waals surface area contributed by atoms with Gasteiger partial charge < -0.3 is 19.5 Å². The Morgan fingerprint density at radius 1 is 0.738 bits per heavy atom. The van der Waals surface area contributed by atoms with Crippen LogP contribution in [-0.2, 0) is 9.59 Å². The second-order valence-electron chi connectivity index (χ2n) is 11.6. The number of carbonyl (C=O) groups excluding carboxylic acids is 2. The molecule has 230 valence electrons. The largest absolute Gasteiger partial charge is 0.507 e. The second-order valence-corrected chi connectivity index (χ2v) is 11.6. The zero-order valence-corrected chi connectivity index (χ0v) is 26.3. The van der Waals surface area contributed by atoms with Gasteiger partial charge in [-0.25, -0.2) is 0 Å². The molecule has 6 heteroatoms. The number of carbonyl (C=O) groups is 2. The van der Waals surface area contributed by atoms with E-state index in [1.165, 1.54) is 70.6 Å². The lowest BCUT2D eigenvalue weighted by Gasteiger charge is -2.26. The monoisotopic (exact) mass is 577 g/mol. The fraction of sp³-hybridized carbons (Fsp3) is 0.556. The van der Waals surface area contributed by atoms with E-state index in [0.717, 1.165) is 24.8 Å². The second kappa shape index (κ2) is 17.6. The molecule has 6 nitrogen and oxygen atoms in total. The number of aliphatic hydroxyl groups is 1. The number of methoxy groups -OCH3 is 2. The van der Waals surface area contributed by atoms with Gasteiger partial charge in [-0.1, -0.05) is 126 Å². The number of benzene rings is 2. The Balaban J connectivity index is 1.62. The highest BCUT2D eigenvalue weighted by molar-refractivity contribution is 6.46. The first-order valence-electron chi connectivity index (χ1n) is 16.0. The van der Waals surface area contributed by atoms with Crippen LogP contribution in [0.5, 0.6) is 11.5 Å². The number of likely N-dealkylation sites (tertiary alicyclic amines) is 1.